The molecular weight excluding hydrogens is 167 g/mol. The number of halogens is 1. The third kappa shape index (κ3) is 1.89. The molecule has 0 atom stereocenters. The van der Waals surface area contributed by atoms with Crippen LogP contribution in [0.5, 0.6) is 0 Å². The highest BCUT2D eigenvalue weighted by molar-refractivity contribution is 5.25. The molecule has 1 fully saturated rings. The highest BCUT2D eigenvalue weighted by Gasteiger charge is 2.40. The minimum Gasteiger partial charge on any atom is -0.390 e. The molecule has 0 saturated heterocycles. The zero-order valence-electron chi connectivity index (χ0n) is 7.68. The molecule has 70 valence electrons. The minimum atomic E-state index is -0.601. The summed E-state index contributed by atoms with van der Waals surface area (Å²) in [5, 5.41) is 9.61. The molecule has 2 rings (SSSR count). The molecular formula is C11H13FO. The maximum absolute atomic E-state index is 13.3. The standard InChI is InChI=1S/C11H13FO/c1-8-2-3-9(10(12)6-8)7-11(13)4-5-11/h2-3,6,13H,4-5,7H2,1H3. The van der Waals surface area contributed by atoms with Crippen LogP contribution in [0.3, 0.4) is 0 Å². The van der Waals surface area contributed by atoms with Crippen LogP contribution in [0.2, 0.25) is 0 Å². The second kappa shape index (κ2) is 2.81. The molecule has 0 amide bonds. The van der Waals surface area contributed by atoms with Gasteiger partial charge in [0.1, 0.15) is 5.82 Å². The highest BCUT2D eigenvalue weighted by Crippen LogP contribution is 2.38. The molecule has 0 spiro atoms. The van der Waals surface area contributed by atoms with Crippen LogP contribution in [0.4, 0.5) is 4.39 Å². The van der Waals surface area contributed by atoms with Gasteiger partial charge in [0.05, 0.1) is 5.60 Å². The van der Waals surface area contributed by atoms with E-state index in [0.29, 0.717) is 12.0 Å². The van der Waals surface area contributed by atoms with E-state index in [1.807, 2.05) is 13.0 Å². The van der Waals surface area contributed by atoms with Crippen LogP contribution in [0, 0.1) is 12.7 Å². The van der Waals surface area contributed by atoms with Crippen molar-refractivity contribution < 1.29 is 9.50 Å². The van der Waals surface area contributed by atoms with E-state index in [1.54, 1.807) is 6.07 Å². The quantitative estimate of drug-likeness (QED) is 0.739. The predicted octanol–water partition coefficient (Wildman–Crippen LogP) is 2.20. The van der Waals surface area contributed by atoms with Gasteiger partial charge in [0, 0.05) is 6.42 Å². The van der Waals surface area contributed by atoms with E-state index < -0.39 is 5.60 Å². The molecule has 0 heterocycles. The van der Waals surface area contributed by atoms with Gasteiger partial charge in [-0.05, 0) is 37.0 Å². The average Bonchev–Trinajstić information content (AvgIpc) is 2.75. The van der Waals surface area contributed by atoms with E-state index in [2.05, 4.69) is 0 Å². The topological polar surface area (TPSA) is 20.2 Å². The van der Waals surface area contributed by atoms with Gasteiger partial charge < -0.3 is 5.11 Å². The lowest BCUT2D eigenvalue weighted by Gasteiger charge is -2.08. The van der Waals surface area contributed by atoms with E-state index in [9.17, 15) is 9.50 Å². The Balaban J connectivity index is 2.20. The van der Waals surface area contributed by atoms with Gasteiger partial charge >= 0.3 is 0 Å². The van der Waals surface area contributed by atoms with Crippen molar-refractivity contribution in [2.24, 2.45) is 0 Å². The summed E-state index contributed by atoms with van der Waals surface area (Å²) >= 11 is 0. The number of hydrogen-bond acceptors (Lipinski definition) is 1. The maximum atomic E-state index is 13.3. The summed E-state index contributed by atoms with van der Waals surface area (Å²) < 4.78 is 13.3. The SMILES string of the molecule is Cc1ccc(CC2(O)CC2)c(F)c1. The first-order valence-corrected chi connectivity index (χ1v) is 4.56. The third-order valence-corrected chi connectivity index (χ3v) is 2.56. The first-order chi connectivity index (χ1) is 6.09. The lowest BCUT2D eigenvalue weighted by Crippen LogP contribution is -2.11. The molecule has 0 unspecified atom stereocenters. The summed E-state index contributed by atoms with van der Waals surface area (Å²) in [6.45, 7) is 1.86. The molecule has 1 aliphatic rings. The first kappa shape index (κ1) is 8.70. The van der Waals surface area contributed by atoms with Crippen molar-refractivity contribution >= 4 is 0 Å². The molecule has 0 aromatic heterocycles. The van der Waals surface area contributed by atoms with Crippen molar-refractivity contribution in [2.75, 3.05) is 0 Å². The van der Waals surface area contributed by atoms with Crippen LogP contribution in [-0.4, -0.2) is 10.7 Å². The second-order valence-electron chi connectivity index (χ2n) is 4.00. The van der Waals surface area contributed by atoms with Gasteiger partial charge in [-0.2, -0.15) is 0 Å². The highest BCUT2D eigenvalue weighted by atomic mass is 19.1. The van der Waals surface area contributed by atoms with Crippen molar-refractivity contribution in [3.8, 4) is 0 Å². The number of aliphatic hydroxyl groups is 1. The summed E-state index contributed by atoms with van der Waals surface area (Å²) in [7, 11) is 0. The number of benzene rings is 1. The van der Waals surface area contributed by atoms with E-state index in [1.165, 1.54) is 6.07 Å². The molecule has 1 nitrogen and oxygen atoms in total. The Morgan fingerprint density at radius 1 is 1.46 bits per heavy atom. The Morgan fingerprint density at radius 2 is 2.15 bits per heavy atom. The third-order valence-electron chi connectivity index (χ3n) is 2.56. The summed E-state index contributed by atoms with van der Waals surface area (Å²) in [6, 6.07) is 5.16. The van der Waals surface area contributed by atoms with Crippen LogP contribution >= 0.6 is 0 Å². The Labute approximate surface area is 77.2 Å². The molecule has 13 heavy (non-hydrogen) atoms. The molecule has 1 N–H and O–H groups in total. The predicted molar refractivity (Wildman–Crippen MR) is 49.0 cm³/mol. The molecule has 1 saturated carbocycles. The minimum absolute atomic E-state index is 0.194. The van der Waals surface area contributed by atoms with Crippen LogP contribution < -0.4 is 0 Å². The van der Waals surface area contributed by atoms with Gasteiger partial charge in [-0.25, -0.2) is 4.39 Å². The summed E-state index contributed by atoms with van der Waals surface area (Å²) in [5.41, 5.74) is 0.949. The van der Waals surface area contributed by atoms with Crippen molar-refractivity contribution in [3.63, 3.8) is 0 Å². The fraction of sp³-hybridized carbons (Fsp3) is 0.455. The normalized spacial score (nSPS) is 18.7. The van der Waals surface area contributed by atoms with Crippen LogP contribution in [0.25, 0.3) is 0 Å². The fourth-order valence-electron chi connectivity index (χ4n) is 1.47. The molecule has 1 aromatic rings. The molecule has 0 bridgehead atoms. The van der Waals surface area contributed by atoms with Crippen LogP contribution in [-0.2, 0) is 6.42 Å². The van der Waals surface area contributed by atoms with Gasteiger partial charge in [0.25, 0.3) is 0 Å². The van der Waals surface area contributed by atoms with E-state index in [0.717, 1.165) is 18.4 Å². The zero-order valence-corrected chi connectivity index (χ0v) is 7.68. The monoisotopic (exact) mass is 180 g/mol. The maximum Gasteiger partial charge on any atom is 0.126 e. The van der Waals surface area contributed by atoms with Gasteiger partial charge in [0.15, 0.2) is 0 Å². The Kier molecular flexibility index (Phi) is 1.88. The number of hydrogen-bond donors (Lipinski definition) is 1. The Bertz CT molecular complexity index is 329. The van der Waals surface area contributed by atoms with Crippen molar-refractivity contribution in [3.05, 3.63) is 35.1 Å². The van der Waals surface area contributed by atoms with Gasteiger partial charge in [-0.3, -0.25) is 0 Å². The summed E-state index contributed by atoms with van der Waals surface area (Å²) in [6.07, 6.45) is 2.07. The van der Waals surface area contributed by atoms with Crippen molar-refractivity contribution in [2.45, 2.75) is 31.8 Å². The van der Waals surface area contributed by atoms with Gasteiger partial charge in [-0.15, -0.1) is 0 Å². The van der Waals surface area contributed by atoms with Crippen molar-refractivity contribution in [1.29, 1.82) is 0 Å². The molecule has 0 aliphatic heterocycles. The average molecular weight is 180 g/mol. The van der Waals surface area contributed by atoms with Crippen LogP contribution in [0.15, 0.2) is 18.2 Å². The Hall–Kier alpha value is -0.890. The van der Waals surface area contributed by atoms with E-state index in [-0.39, 0.29) is 5.82 Å². The molecule has 1 aromatic carbocycles. The largest absolute Gasteiger partial charge is 0.390 e. The summed E-state index contributed by atoms with van der Waals surface area (Å²) in [5.74, 6) is -0.194. The molecule has 2 heteroatoms. The first-order valence-electron chi connectivity index (χ1n) is 4.56. The lowest BCUT2D eigenvalue weighted by molar-refractivity contribution is 0.149. The van der Waals surface area contributed by atoms with Gasteiger partial charge in [-0.1, -0.05) is 12.1 Å². The smallest absolute Gasteiger partial charge is 0.126 e. The second-order valence-corrected chi connectivity index (χ2v) is 4.00. The molecule has 1 aliphatic carbocycles. The Morgan fingerprint density at radius 3 is 2.69 bits per heavy atom. The fourth-order valence-corrected chi connectivity index (χ4v) is 1.47. The summed E-state index contributed by atoms with van der Waals surface area (Å²) in [4.78, 5) is 0. The van der Waals surface area contributed by atoms with Gasteiger partial charge in [0.2, 0.25) is 0 Å². The number of aryl methyl sites for hydroxylation is 1. The molecule has 0 radical (unpaired) electrons. The van der Waals surface area contributed by atoms with Crippen molar-refractivity contribution in [1.82, 2.24) is 0 Å². The number of rotatable bonds is 2. The lowest BCUT2D eigenvalue weighted by atomic mass is 10.0. The van der Waals surface area contributed by atoms with E-state index in [4.69, 9.17) is 0 Å². The van der Waals surface area contributed by atoms with Crippen LogP contribution in [0.1, 0.15) is 24.0 Å². The zero-order chi connectivity index (χ0) is 9.47. The van der Waals surface area contributed by atoms with E-state index >= 15 is 0 Å².